The van der Waals surface area contributed by atoms with Crippen LogP contribution in [-0.2, 0) is 11.3 Å². The maximum absolute atomic E-state index is 11.7. The summed E-state index contributed by atoms with van der Waals surface area (Å²) < 4.78 is 0. The van der Waals surface area contributed by atoms with Crippen LogP contribution < -0.4 is 11.1 Å². The molecule has 1 aromatic carbocycles. The van der Waals surface area contributed by atoms with Crippen LogP contribution in [0.4, 0.5) is 5.69 Å². The smallest absolute Gasteiger partial charge is 0.237 e. The molecule has 1 unspecified atom stereocenters. The number of nitrogen functional groups attached to an aromatic ring is 1. The molecule has 1 aromatic rings. The third-order valence-corrected chi connectivity index (χ3v) is 3.62. The number of hydrogen-bond acceptors (Lipinski definition) is 3. The van der Waals surface area contributed by atoms with Gasteiger partial charge in [0.25, 0.3) is 0 Å². The molecular formula is C13H18ClN3O. The topological polar surface area (TPSA) is 58.4 Å². The summed E-state index contributed by atoms with van der Waals surface area (Å²) in [4.78, 5) is 13.9. The molecule has 5 heteroatoms. The molecule has 1 saturated heterocycles. The summed E-state index contributed by atoms with van der Waals surface area (Å²) in [5, 5.41) is 3.46. The molecule has 1 fully saturated rings. The molecule has 0 radical (unpaired) electrons. The lowest BCUT2D eigenvalue weighted by Crippen LogP contribution is -2.54. The van der Waals surface area contributed by atoms with Crippen molar-refractivity contribution < 1.29 is 4.79 Å². The number of nitrogens with one attached hydrogen (secondary N) is 1. The van der Waals surface area contributed by atoms with Crippen LogP contribution in [0.1, 0.15) is 18.9 Å². The number of amides is 1. The summed E-state index contributed by atoms with van der Waals surface area (Å²) in [7, 11) is 0. The highest BCUT2D eigenvalue weighted by atomic mass is 35.5. The fourth-order valence-electron chi connectivity index (χ4n) is 2.32. The first-order valence-electron chi connectivity index (χ1n) is 6.17. The van der Waals surface area contributed by atoms with E-state index >= 15 is 0 Å². The molecule has 0 bridgehead atoms. The van der Waals surface area contributed by atoms with Crippen LogP contribution >= 0.6 is 11.6 Å². The van der Waals surface area contributed by atoms with E-state index in [9.17, 15) is 4.79 Å². The number of rotatable bonds is 3. The molecule has 3 N–H and O–H groups in total. The summed E-state index contributed by atoms with van der Waals surface area (Å²) >= 11 is 5.90. The van der Waals surface area contributed by atoms with E-state index in [1.807, 2.05) is 19.1 Å². The Kier molecular flexibility index (Phi) is 4.09. The van der Waals surface area contributed by atoms with Gasteiger partial charge in [0.2, 0.25) is 5.91 Å². The second-order valence-electron chi connectivity index (χ2n) is 4.54. The van der Waals surface area contributed by atoms with Crippen molar-refractivity contribution in [3.63, 3.8) is 0 Å². The lowest BCUT2D eigenvalue weighted by atomic mass is 10.1. The molecule has 1 aliphatic rings. The van der Waals surface area contributed by atoms with E-state index < -0.39 is 0 Å². The molecule has 0 aliphatic carbocycles. The van der Waals surface area contributed by atoms with E-state index in [1.165, 1.54) is 0 Å². The zero-order chi connectivity index (χ0) is 13.1. The number of anilines is 1. The Bertz CT molecular complexity index is 450. The SMILES string of the molecule is CCC1C(=O)NCCN1Cc1ccc(Cl)c(N)c1. The minimum absolute atomic E-state index is 0.0457. The van der Waals surface area contributed by atoms with E-state index in [0.29, 0.717) is 17.3 Å². The maximum atomic E-state index is 11.7. The number of piperazine rings is 1. The fourth-order valence-corrected chi connectivity index (χ4v) is 2.44. The predicted molar refractivity (Wildman–Crippen MR) is 73.4 cm³/mol. The van der Waals surface area contributed by atoms with Crippen molar-refractivity contribution in [1.29, 1.82) is 0 Å². The monoisotopic (exact) mass is 267 g/mol. The van der Waals surface area contributed by atoms with Crippen molar-refractivity contribution >= 4 is 23.2 Å². The van der Waals surface area contributed by atoms with Gasteiger partial charge in [-0.25, -0.2) is 0 Å². The Morgan fingerprint density at radius 2 is 2.33 bits per heavy atom. The molecule has 18 heavy (non-hydrogen) atoms. The highest BCUT2D eigenvalue weighted by Gasteiger charge is 2.27. The Morgan fingerprint density at radius 1 is 1.56 bits per heavy atom. The van der Waals surface area contributed by atoms with E-state index in [0.717, 1.165) is 25.1 Å². The first-order valence-corrected chi connectivity index (χ1v) is 6.55. The van der Waals surface area contributed by atoms with Gasteiger partial charge in [0.05, 0.1) is 16.8 Å². The Balaban J connectivity index is 2.11. The minimum atomic E-state index is -0.0457. The van der Waals surface area contributed by atoms with Crippen LogP contribution in [0.15, 0.2) is 18.2 Å². The average molecular weight is 268 g/mol. The fraction of sp³-hybridized carbons (Fsp3) is 0.462. The van der Waals surface area contributed by atoms with Crippen molar-refractivity contribution in [2.45, 2.75) is 25.9 Å². The summed E-state index contributed by atoms with van der Waals surface area (Å²) in [5.41, 5.74) is 7.47. The summed E-state index contributed by atoms with van der Waals surface area (Å²) in [6.07, 6.45) is 0.814. The second kappa shape index (κ2) is 5.59. The largest absolute Gasteiger partial charge is 0.398 e. The zero-order valence-electron chi connectivity index (χ0n) is 10.4. The first kappa shape index (κ1) is 13.2. The van der Waals surface area contributed by atoms with E-state index in [-0.39, 0.29) is 11.9 Å². The Labute approximate surface area is 112 Å². The lowest BCUT2D eigenvalue weighted by molar-refractivity contribution is -0.129. The molecule has 1 atom stereocenters. The number of halogens is 1. The van der Waals surface area contributed by atoms with Gasteiger partial charge in [0.1, 0.15) is 0 Å². The van der Waals surface area contributed by atoms with E-state index in [2.05, 4.69) is 10.2 Å². The van der Waals surface area contributed by atoms with Crippen molar-refractivity contribution in [3.8, 4) is 0 Å². The molecule has 0 saturated carbocycles. The van der Waals surface area contributed by atoms with Gasteiger partial charge in [-0.3, -0.25) is 9.69 Å². The summed E-state index contributed by atoms with van der Waals surface area (Å²) in [6, 6.07) is 5.59. The molecule has 98 valence electrons. The lowest BCUT2D eigenvalue weighted by Gasteiger charge is -2.34. The molecule has 1 aliphatic heterocycles. The van der Waals surface area contributed by atoms with Crippen LogP contribution in [0, 0.1) is 0 Å². The van der Waals surface area contributed by atoms with Crippen molar-refractivity contribution in [2.75, 3.05) is 18.8 Å². The normalized spacial score (nSPS) is 20.8. The quantitative estimate of drug-likeness (QED) is 0.819. The molecule has 1 heterocycles. The molecule has 4 nitrogen and oxygen atoms in total. The van der Waals surface area contributed by atoms with Crippen LogP contribution in [0.5, 0.6) is 0 Å². The van der Waals surface area contributed by atoms with Crippen molar-refractivity contribution in [1.82, 2.24) is 10.2 Å². The Morgan fingerprint density at radius 3 is 3.00 bits per heavy atom. The van der Waals surface area contributed by atoms with Crippen molar-refractivity contribution in [3.05, 3.63) is 28.8 Å². The van der Waals surface area contributed by atoms with Gasteiger partial charge in [0.15, 0.2) is 0 Å². The van der Waals surface area contributed by atoms with E-state index in [1.54, 1.807) is 6.07 Å². The molecule has 0 aromatic heterocycles. The number of hydrogen-bond donors (Lipinski definition) is 2. The third kappa shape index (κ3) is 2.76. The maximum Gasteiger partial charge on any atom is 0.237 e. The third-order valence-electron chi connectivity index (χ3n) is 3.27. The first-order chi connectivity index (χ1) is 8.61. The summed E-state index contributed by atoms with van der Waals surface area (Å²) in [6.45, 7) is 4.33. The average Bonchev–Trinajstić information content (AvgIpc) is 2.34. The number of benzene rings is 1. The van der Waals surface area contributed by atoms with Crippen LogP contribution in [0.3, 0.4) is 0 Å². The van der Waals surface area contributed by atoms with Crippen LogP contribution in [0.2, 0.25) is 5.02 Å². The predicted octanol–water partition coefficient (Wildman–Crippen LogP) is 1.63. The highest BCUT2D eigenvalue weighted by molar-refractivity contribution is 6.33. The standard InChI is InChI=1S/C13H18ClN3O/c1-2-12-13(18)16-5-6-17(12)8-9-3-4-10(14)11(15)7-9/h3-4,7,12H,2,5-6,8,15H2,1H3,(H,16,18). The van der Waals surface area contributed by atoms with E-state index in [4.69, 9.17) is 17.3 Å². The van der Waals surface area contributed by atoms with Crippen LogP contribution in [-0.4, -0.2) is 29.9 Å². The molecular weight excluding hydrogens is 250 g/mol. The van der Waals surface area contributed by atoms with Gasteiger partial charge in [-0.05, 0) is 24.1 Å². The molecule has 0 spiro atoms. The molecule has 2 rings (SSSR count). The second-order valence-corrected chi connectivity index (χ2v) is 4.95. The van der Waals surface area contributed by atoms with Crippen LogP contribution in [0.25, 0.3) is 0 Å². The number of nitrogens with two attached hydrogens (primary N) is 1. The minimum Gasteiger partial charge on any atom is -0.398 e. The number of nitrogens with zero attached hydrogens (tertiary/aromatic N) is 1. The van der Waals surface area contributed by atoms with Gasteiger partial charge >= 0.3 is 0 Å². The van der Waals surface area contributed by atoms with Crippen molar-refractivity contribution in [2.24, 2.45) is 0 Å². The summed E-state index contributed by atoms with van der Waals surface area (Å²) in [5.74, 6) is 0.116. The number of carbonyl (C=O) groups excluding carboxylic acids is 1. The Hall–Kier alpha value is -1.26. The zero-order valence-corrected chi connectivity index (χ0v) is 11.2. The molecule has 1 amide bonds. The van der Waals surface area contributed by atoms with Gasteiger partial charge in [-0.1, -0.05) is 24.6 Å². The number of carbonyl (C=O) groups is 1. The van der Waals surface area contributed by atoms with Gasteiger partial charge in [0, 0.05) is 19.6 Å². The highest BCUT2D eigenvalue weighted by Crippen LogP contribution is 2.21. The van der Waals surface area contributed by atoms with Gasteiger partial charge in [-0.2, -0.15) is 0 Å². The van der Waals surface area contributed by atoms with Gasteiger partial charge in [-0.15, -0.1) is 0 Å². The van der Waals surface area contributed by atoms with Gasteiger partial charge < -0.3 is 11.1 Å².